The maximum Gasteiger partial charge on any atom is 0.306 e. The van der Waals surface area contributed by atoms with E-state index in [9.17, 15) is 4.79 Å². The molecule has 3 aromatic rings. The highest BCUT2D eigenvalue weighted by Crippen LogP contribution is 2.28. The summed E-state index contributed by atoms with van der Waals surface area (Å²) in [5.41, 5.74) is 7.41. The van der Waals surface area contributed by atoms with Gasteiger partial charge in [-0.15, -0.1) is 0 Å². The molecular weight excluding hydrogens is 590 g/mol. The standard InChI is InChI=1S/C39H45N3O5/c1-27-13-17-33(18-14-27)45-37-21-20-34(19-16-32-10-7-6-8-11-32)46-38(37)26-44-39(43)22-15-29(3)41-47-30(4)25-42-23-9-12-35-36(42)24-28(2)31(5)40-35/h6-8,10-11,13-14,17-18,20-21,24,30,34,37-38H,9,12,15,22-23,25-26H2,1-5H3/t30?,34-,37+,38-/m1/s1. The molecule has 0 bridgehead atoms. The smallest absolute Gasteiger partial charge is 0.306 e. The summed E-state index contributed by atoms with van der Waals surface area (Å²) in [6.45, 7) is 11.8. The van der Waals surface area contributed by atoms with Crippen molar-refractivity contribution in [2.45, 2.75) is 84.7 Å². The van der Waals surface area contributed by atoms with Crippen LogP contribution in [0.25, 0.3) is 0 Å². The van der Waals surface area contributed by atoms with Crippen molar-refractivity contribution in [3.8, 4) is 17.6 Å². The maximum absolute atomic E-state index is 12.8. The minimum Gasteiger partial charge on any atom is -0.483 e. The van der Waals surface area contributed by atoms with E-state index in [1.165, 1.54) is 11.3 Å². The van der Waals surface area contributed by atoms with Crippen molar-refractivity contribution in [1.82, 2.24) is 4.98 Å². The number of carbonyl (C=O) groups excluding carboxylic acids is 1. The van der Waals surface area contributed by atoms with Gasteiger partial charge in [0.05, 0.1) is 30.1 Å². The second kappa shape index (κ2) is 16.3. The third-order valence-electron chi connectivity index (χ3n) is 8.26. The van der Waals surface area contributed by atoms with Crippen LogP contribution in [0.2, 0.25) is 0 Å². The highest BCUT2D eigenvalue weighted by Gasteiger charge is 2.30. The fourth-order valence-corrected chi connectivity index (χ4v) is 5.47. The second-order valence-electron chi connectivity index (χ2n) is 12.3. The van der Waals surface area contributed by atoms with Crippen molar-refractivity contribution in [3.63, 3.8) is 0 Å². The predicted molar refractivity (Wildman–Crippen MR) is 185 cm³/mol. The summed E-state index contributed by atoms with van der Waals surface area (Å²) in [7, 11) is 0. The van der Waals surface area contributed by atoms with Gasteiger partial charge in [-0.1, -0.05) is 52.9 Å². The Morgan fingerprint density at radius 2 is 1.87 bits per heavy atom. The number of anilines is 1. The summed E-state index contributed by atoms with van der Waals surface area (Å²) in [6.07, 6.45) is 4.97. The molecule has 0 aliphatic carbocycles. The SMILES string of the molecule is CC(CCC(=O)OC[C@H]1O[C@H](C#Cc2ccccc2)C=C[C@@H]1Oc1ccc(C)cc1)=NOC(C)CN1CCCc2nc(C)c(C)cc21. The van der Waals surface area contributed by atoms with Gasteiger partial charge in [0.1, 0.15) is 36.8 Å². The molecule has 5 rings (SSSR count). The molecule has 3 heterocycles. The van der Waals surface area contributed by atoms with E-state index in [1.54, 1.807) is 0 Å². The molecule has 1 unspecified atom stereocenters. The van der Waals surface area contributed by atoms with Crippen LogP contribution in [0.1, 0.15) is 61.2 Å². The van der Waals surface area contributed by atoms with Crippen molar-refractivity contribution in [3.05, 3.63) is 101 Å². The van der Waals surface area contributed by atoms with E-state index in [4.69, 9.17) is 24.0 Å². The molecule has 2 aliphatic heterocycles. The largest absolute Gasteiger partial charge is 0.483 e. The Bertz CT molecular complexity index is 1620. The molecule has 0 radical (unpaired) electrons. The molecule has 0 amide bonds. The van der Waals surface area contributed by atoms with E-state index in [0.29, 0.717) is 18.7 Å². The molecule has 4 atom stereocenters. The molecule has 0 fully saturated rings. The van der Waals surface area contributed by atoms with Gasteiger partial charge in [-0.25, -0.2) is 0 Å². The number of ether oxygens (including phenoxy) is 3. The van der Waals surface area contributed by atoms with E-state index in [1.807, 2.05) is 87.5 Å². The lowest BCUT2D eigenvalue weighted by molar-refractivity contribution is -0.151. The zero-order valence-corrected chi connectivity index (χ0v) is 28.1. The second-order valence-corrected chi connectivity index (χ2v) is 12.3. The number of hydrogen-bond acceptors (Lipinski definition) is 8. The van der Waals surface area contributed by atoms with Crippen LogP contribution in [-0.2, 0) is 25.5 Å². The van der Waals surface area contributed by atoms with Crippen molar-refractivity contribution in [2.24, 2.45) is 5.16 Å². The third-order valence-corrected chi connectivity index (χ3v) is 8.26. The lowest BCUT2D eigenvalue weighted by Gasteiger charge is -2.32. The van der Waals surface area contributed by atoms with Gasteiger partial charge >= 0.3 is 5.97 Å². The van der Waals surface area contributed by atoms with E-state index in [0.717, 1.165) is 47.6 Å². The van der Waals surface area contributed by atoms with Gasteiger partial charge in [-0.3, -0.25) is 9.78 Å². The van der Waals surface area contributed by atoms with E-state index >= 15 is 0 Å². The fourth-order valence-electron chi connectivity index (χ4n) is 5.47. The third kappa shape index (κ3) is 9.94. The average molecular weight is 636 g/mol. The Balaban J connectivity index is 1.11. The molecule has 0 saturated carbocycles. The summed E-state index contributed by atoms with van der Waals surface area (Å²) >= 11 is 0. The van der Waals surface area contributed by atoms with Crippen LogP contribution in [0.15, 0.2) is 78.0 Å². The number of nitrogens with zero attached hydrogens (tertiary/aromatic N) is 3. The average Bonchev–Trinajstić information content (AvgIpc) is 3.07. The number of benzene rings is 2. The predicted octanol–water partition coefficient (Wildman–Crippen LogP) is 6.69. The van der Waals surface area contributed by atoms with Crippen LogP contribution in [0.4, 0.5) is 5.69 Å². The minimum absolute atomic E-state index is 0.0398. The van der Waals surface area contributed by atoms with E-state index < -0.39 is 18.3 Å². The molecule has 2 aromatic carbocycles. The van der Waals surface area contributed by atoms with E-state index in [-0.39, 0.29) is 25.1 Å². The molecule has 47 heavy (non-hydrogen) atoms. The van der Waals surface area contributed by atoms with Crippen LogP contribution in [0.3, 0.4) is 0 Å². The van der Waals surface area contributed by atoms with Gasteiger partial charge in [-0.05, 0) is 102 Å². The van der Waals surface area contributed by atoms with Gasteiger partial charge in [0.25, 0.3) is 0 Å². The minimum atomic E-state index is -0.526. The highest BCUT2D eigenvalue weighted by molar-refractivity contribution is 5.85. The van der Waals surface area contributed by atoms with Crippen LogP contribution >= 0.6 is 0 Å². The summed E-state index contributed by atoms with van der Waals surface area (Å²) in [5.74, 6) is 6.68. The Morgan fingerprint density at radius 1 is 1.09 bits per heavy atom. The molecule has 8 nitrogen and oxygen atoms in total. The number of carbonyl (C=O) groups is 1. The van der Waals surface area contributed by atoms with Crippen LogP contribution < -0.4 is 9.64 Å². The number of oxime groups is 1. The summed E-state index contributed by atoms with van der Waals surface area (Å²) in [6, 6.07) is 19.8. The molecule has 0 N–H and O–H groups in total. The summed E-state index contributed by atoms with van der Waals surface area (Å²) in [4.78, 5) is 25.7. The van der Waals surface area contributed by atoms with Crippen molar-refractivity contribution in [1.29, 1.82) is 0 Å². The molecule has 8 heteroatoms. The molecule has 246 valence electrons. The lowest BCUT2D eigenvalue weighted by atomic mass is 10.0. The number of hydrogen-bond donors (Lipinski definition) is 0. The monoisotopic (exact) mass is 635 g/mol. The Hall–Kier alpha value is -4.61. The Morgan fingerprint density at radius 3 is 2.66 bits per heavy atom. The van der Waals surface area contributed by atoms with Gasteiger partial charge < -0.3 is 23.9 Å². The quantitative estimate of drug-likeness (QED) is 0.0764. The van der Waals surface area contributed by atoms with Crippen LogP contribution in [0, 0.1) is 32.6 Å². The number of esters is 1. The first kappa shape index (κ1) is 33.7. The number of rotatable bonds is 11. The number of pyridine rings is 1. The molecule has 2 aliphatic rings. The topological polar surface area (TPSA) is 82.5 Å². The van der Waals surface area contributed by atoms with E-state index in [2.05, 4.69) is 41.8 Å². The first-order valence-corrected chi connectivity index (χ1v) is 16.4. The normalized spacial score (nSPS) is 19.6. The summed E-state index contributed by atoms with van der Waals surface area (Å²) < 4.78 is 18.1. The first-order chi connectivity index (χ1) is 22.7. The molecule has 0 saturated heterocycles. The first-order valence-electron chi connectivity index (χ1n) is 16.4. The Labute approximate surface area is 278 Å². The van der Waals surface area contributed by atoms with Gasteiger partial charge in [0, 0.05) is 17.8 Å². The lowest BCUT2D eigenvalue weighted by Crippen LogP contribution is -2.42. The van der Waals surface area contributed by atoms with Crippen LogP contribution in [-0.4, -0.2) is 60.8 Å². The summed E-state index contributed by atoms with van der Waals surface area (Å²) in [5, 5.41) is 4.32. The maximum atomic E-state index is 12.8. The van der Waals surface area contributed by atoms with Gasteiger partial charge in [0.2, 0.25) is 0 Å². The number of aromatic nitrogens is 1. The van der Waals surface area contributed by atoms with Crippen molar-refractivity contribution < 1.29 is 23.8 Å². The van der Waals surface area contributed by atoms with Gasteiger partial charge in [-0.2, -0.15) is 0 Å². The number of aryl methyl sites for hydroxylation is 4. The molecule has 1 aromatic heterocycles. The zero-order chi connectivity index (χ0) is 33.2. The number of fused-ring (bicyclic) bond motifs is 1. The van der Waals surface area contributed by atoms with Crippen molar-refractivity contribution >= 4 is 17.4 Å². The van der Waals surface area contributed by atoms with Crippen molar-refractivity contribution in [2.75, 3.05) is 24.6 Å². The van der Waals surface area contributed by atoms with Gasteiger partial charge in [0.15, 0.2) is 0 Å². The fraction of sp³-hybridized carbons (Fsp3) is 0.410. The molecule has 0 spiro atoms. The zero-order valence-electron chi connectivity index (χ0n) is 28.1. The molecular formula is C39H45N3O5. The Kier molecular flexibility index (Phi) is 11.7. The highest BCUT2D eigenvalue weighted by atomic mass is 16.6. The van der Waals surface area contributed by atoms with Crippen LogP contribution in [0.5, 0.6) is 5.75 Å².